The number of rotatable bonds is 8. The van der Waals surface area contributed by atoms with Crippen molar-refractivity contribution in [1.29, 1.82) is 0 Å². The molecule has 4 amide bonds. The molecule has 2 saturated heterocycles. The lowest BCUT2D eigenvalue weighted by Gasteiger charge is -2.31. The molecule has 1 aromatic carbocycles. The number of carbonyl (C=O) groups excluding carboxylic acids is 2. The van der Waals surface area contributed by atoms with Crippen LogP contribution in [0.3, 0.4) is 0 Å². The third-order valence-corrected chi connectivity index (χ3v) is 6.94. The molecule has 2 fully saturated rings. The van der Waals surface area contributed by atoms with E-state index < -0.39 is 5.92 Å². The molecule has 0 spiro atoms. The van der Waals surface area contributed by atoms with Crippen LogP contribution in [-0.2, 0) is 10.7 Å². The summed E-state index contributed by atoms with van der Waals surface area (Å²) in [5, 5.41) is 5.38. The van der Waals surface area contributed by atoms with Crippen LogP contribution in [-0.4, -0.2) is 79.9 Å². The Morgan fingerprint density at radius 2 is 1.57 bits per heavy atom. The fourth-order valence-corrected chi connectivity index (χ4v) is 4.55. The number of amides is 4. The lowest BCUT2D eigenvalue weighted by atomic mass is 10.0. The first kappa shape index (κ1) is 34.4. The lowest BCUT2D eigenvalue weighted by Crippen LogP contribution is -2.46. The number of likely N-dealkylation sites (tertiary alicyclic amines) is 2. The Labute approximate surface area is 248 Å². The van der Waals surface area contributed by atoms with E-state index >= 15 is 8.78 Å². The Balaban J connectivity index is 0.00000301. The van der Waals surface area contributed by atoms with E-state index in [0.717, 1.165) is 0 Å². The van der Waals surface area contributed by atoms with Crippen molar-refractivity contribution in [2.24, 2.45) is 10.7 Å². The van der Waals surface area contributed by atoms with Crippen molar-refractivity contribution >= 4 is 18.1 Å². The number of alkyl halides is 2. The zero-order valence-electron chi connectivity index (χ0n) is 25.4. The largest absolute Gasteiger partial charge is 0.490 e. The third-order valence-electron chi connectivity index (χ3n) is 6.94. The maximum Gasteiger partial charge on any atom is 0.317 e. The highest BCUT2D eigenvalue weighted by Crippen LogP contribution is 2.36. The van der Waals surface area contributed by atoms with Gasteiger partial charge in [0.15, 0.2) is 0 Å². The van der Waals surface area contributed by atoms with Crippen molar-refractivity contribution in [2.45, 2.75) is 71.5 Å². The number of benzene rings is 1. The maximum atomic E-state index is 15.0. The van der Waals surface area contributed by atoms with Crippen LogP contribution in [0.15, 0.2) is 53.2 Å². The quantitative estimate of drug-likeness (QED) is 0.224. The average Bonchev–Trinajstić information content (AvgIpc) is 3.01. The maximum absolute atomic E-state index is 15.0. The molecule has 0 atom stereocenters. The van der Waals surface area contributed by atoms with Gasteiger partial charge in [-0.25, -0.2) is 14.6 Å². The molecule has 42 heavy (non-hydrogen) atoms. The van der Waals surface area contributed by atoms with Gasteiger partial charge >= 0.3 is 12.1 Å². The van der Waals surface area contributed by atoms with Gasteiger partial charge in [-0.2, -0.15) is 8.78 Å². The van der Waals surface area contributed by atoms with E-state index in [1.165, 1.54) is 37.4 Å². The van der Waals surface area contributed by atoms with Gasteiger partial charge in [-0.1, -0.05) is 19.9 Å². The SMILES string of the molecule is CC.CCNC(=O)N1CCC(OC(N)=N/C=C\C=C(C)C(F)(F)c2ccc(OC3CCN(C(=O)NC)CC3)cc2)CC1. The van der Waals surface area contributed by atoms with Gasteiger partial charge in [-0.15, -0.1) is 0 Å². The second-order valence-electron chi connectivity index (χ2n) is 9.76. The van der Waals surface area contributed by atoms with Crippen LogP contribution in [0.25, 0.3) is 0 Å². The number of carbonyl (C=O) groups is 2. The van der Waals surface area contributed by atoms with Crippen molar-refractivity contribution < 1.29 is 27.8 Å². The smallest absolute Gasteiger partial charge is 0.317 e. The van der Waals surface area contributed by atoms with Gasteiger partial charge in [0, 0.05) is 82.8 Å². The number of urea groups is 2. The van der Waals surface area contributed by atoms with Gasteiger partial charge < -0.3 is 35.6 Å². The first-order chi connectivity index (χ1) is 20.1. The molecular formula is C30H46F2N6O4. The predicted molar refractivity (Wildman–Crippen MR) is 161 cm³/mol. The molecule has 0 radical (unpaired) electrons. The minimum absolute atomic E-state index is 0.0552. The Bertz CT molecular complexity index is 1080. The summed E-state index contributed by atoms with van der Waals surface area (Å²) in [7, 11) is 1.60. The second kappa shape index (κ2) is 17.2. The number of halogens is 2. The van der Waals surface area contributed by atoms with Crippen LogP contribution in [0.1, 0.15) is 58.9 Å². The number of hydrogen-bond acceptors (Lipinski definition) is 5. The number of piperidine rings is 2. The summed E-state index contributed by atoms with van der Waals surface area (Å²) in [5.41, 5.74) is 5.52. The number of hydrogen-bond donors (Lipinski definition) is 3. The fourth-order valence-electron chi connectivity index (χ4n) is 4.55. The standard InChI is InChI=1S/C28H40F2N6O4.C2H6/c1-4-33-27(38)36-18-13-24(14-19-36)40-25(31)34-15-5-6-20(2)28(29,30)21-7-9-22(10-8-21)39-23-11-16-35(17-12-23)26(37)32-3;1-2/h5-10,15,23-24H,4,11-14,16-19H2,1-3H3,(H2,31,34)(H,32,37)(H,33,38);1-2H3/b15-5-,20-6?;. The number of amidine groups is 1. The lowest BCUT2D eigenvalue weighted by molar-refractivity contribution is 0.0379. The van der Waals surface area contributed by atoms with Crippen molar-refractivity contribution in [2.75, 3.05) is 39.8 Å². The van der Waals surface area contributed by atoms with Crippen molar-refractivity contribution in [3.63, 3.8) is 0 Å². The Morgan fingerprint density at radius 1 is 1.02 bits per heavy atom. The number of aliphatic imine (C=N–C) groups is 1. The summed E-state index contributed by atoms with van der Waals surface area (Å²) in [5.74, 6) is -2.68. The molecule has 10 nitrogen and oxygen atoms in total. The van der Waals surface area contributed by atoms with Gasteiger partial charge in [-0.3, -0.25) is 0 Å². The first-order valence-electron chi connectivity index (χ1n) is 14.6. The van der Waals surface area contributed by atoms with Crippen molar-refractivity contribution in [3.05, 3.63) is 53.8 Å². The molecule has 3 rings (SSSR count). The number of allylic oxidation sites excluding steroid dienone is 3. The predicted octanol–water partition coefficient (Wildman–Crippen LogP) is 4.97. The molecule has 12 heteroatoms. The zero-order chi connectivity index (χ0) is 31.1. The van der Waals surface area contributed by atoms with Crippen LogP contribution in [0, 0.1) is 0 Å². The molecule has 0 unspecified atom stereocenters. The fraction of sp³-hybridized carbons (Fsp3) is 0.567. The van der Waals surface area contributed by atoms with Gasteiger partial charge in [-0.05, 0) is 44.2 Å². The van der Waals surface area contributed by atoms with Gasteiger partial charge in [0.2, 0.25) is 0 Å². The zero-order valence-corrected chi connectivity index (χ0v) is 25.4. The number of nitrogens with two attached hydrogens (primary N) is 1. The highest BCUT2D eigenvalue weighted by Gasteiger charge is 2.33. The molecular weight excluding hydrogens is 546 g/mol. The summed E-state index contributed by atoms with van der Waals surface area (Å²) in [6, 6.07) is 5.54. The van der Waals surface area contributed by atoms with E-state index in [2.05, 4.69) is 15.6 Å². The van der Waals surface area contributed by atoms with E-state index in [9.17, 15) is 9.59 Å². The Kier molecular flexibility index (Phi) is 14.1. The van der Waals surface area contributed by atoms with Gasteiger partial charge in [0.05, 0.1) is 0 Å². The van der Waals surface area contributed by atoms with Crippen molar-refractivity contribution in [3.8, 4) is 5.75 Å². The van der Waals surface area contributed by atoms with Gasteiger partial charge in [0.1, 0.15) is 18.0 Å². The van der Waals surface area contributed by atoms with Crippen LogP contribution in [0.4, 0.5) is 18.4 Å². The van der Waals surface area contributed by atoms with Crippen LogP contribution in [0.2, 0.25) is 0 Å². The minimum Gasteiger partial charge on any atom is -0.490 e. The molecule has 0 bridgehead atoms. The number of nitrogens with zero attached hydrogens (tertiary/aromatic N) is 3. The van der Waals surface area contributed by atoms with Gasteiger partial charge in [0.25, 0.3) is 11.9 Å². The van der Waals surface area contributed by atoms with Crippen LogP contribution >= 0.6 is 0 Å². The summed E-state index contributed by atoms with van der Waals surface area (Å²) < 4.78 is 41.6. The number of nitrogens with one attached hydrogen (secondary N) is 2. The molecule has 234 valence electrons. The first-order valence-corrected chi connectivity index (χ1v) is 14.6. The molecule has 2 aliphatic heterocycles. The summed E-state index contributed by atoms with van der Waals surface area (Å²) in [6.07, 6.45) is 6.36. The molecule has 4 N–H and O–H groups in total. The van der Waals surface area contributed by atoms with E-state index in [4.69, 9.17) is 15.2 Å². The van der Waals surface area contributed by atoms with Crippen LogP contribution < -0.4 is 21.1 Å². The van der Waals surface area contributed by atoms with E-state index in [0.29, 0.717) is 64.2 Å². The van der Waals surface area contributed by atoms with Crippen LogP contribution in [0.5, 0.6) is 5.75 Å². The molecule has 2 heterocycles. The second-order valence-corrected chi connectivity index (χ2v) is 9.76. The Morgan fingerprint density at radius 3 is 2.12 bits per heavy atom. The van der Waals surface area contributed by atoms with E-state index in [-0.39, 0.29) is 41.4 Å². The average molecular weight is 593 g/mol. The number of ether oxygens (including phenoxy) is 2. The van der Waals surface area contributed by atoms with Crippen molar-refractivity contribution in [1.82, 2.24) is 20.4 Å². The molecule has 0 saturated carbocycles. The normalized spacial score (nSPS) is 17.4. The summed E-state index contributed by atoms with van der Waals surface area (Å²) in [4.78, 5) is 31.0. The third kappa shape index (κ3) is 10.2. The summed E-state index contributed by atoms with van der Waals surface area (Å²) >= 11 is 0. The molecule has 0 aliphatic carbocycles. The van der Waals surface area contributed by atoms with E-state index in [1.807, 2.05) is 20.8 Å². The monoisotopic (exact) mass is 592 g/mol. The Hall–Kier alpha value is -3.83. The summed E-state index contributed by atoms with van der Waals surface area (Å²) in [6.45, 7) is 10.1. The highest BCUT2D eigenvalue weighted by atomic mass is 19.3. The molecule has 0 aromatic heterocycles. The molecule has 1 aromatic rings. The topological polar surface area (TPSA) is 122 Å². The minimum atomic E-state index is -3.19. The highest BCUT2D eigenvalue weighted by molar-refractivity contribution is 5.74. The van der Waals surface area contributed by atoms with E-state index in [1.54, 1.807) is 29.0 Å². The molecule has 2 aliphatic rings.